The van der Waals surface area contributed by atoms with Gasteiger partial charge in [-0.25, -0.2) is 0 Å². The molecule has 0 amide bonds. The highest BCUT2D eigenvalue weighted by atomic mass is 32.2. The van der Waals surface area contributed by atoms with Crippen LogP contribution in [-0.4, -0.2) is 31.6 Å². The van der Waals surface area contributed by atoms with E-state index in [9.17, 15) is 0 Å². The summed E-state index contributed by atoms with van der Waals surface area (Å²) in [5.74, 6) is 0.883. The van der Waals surface area contributed by atoms with E-state index in [1.54, 1.807) is 7.11 Å². The van der Waals surface area contributed by atoms with Crippen LogP contribution in [0.15, 0.2) is 24.3 Å². The van der Waals surface area contributed by atoms with E-state index in [0.717, 1.165) is 19.0 Å². The van der Waals surface area contributed by atoms with E-state index in [-0.39, 0.29) is 6.04 Å². The van der Waals surface area contributed by atoms with E-state index in [2.05, 4.69) is 19.1 Å². The molecule has 0 bridgehead atoms. The Kier molecular flexibility index (Phi) is 4.31. The lowest BCUT2D eigenvalue weighted by molar-refractivity contribution is 0.0452. The zero-order valence-electron chi connectivity index (χ0n) is 10.3. The molecule has 0 radical (unpaired) electrons. The van der Waals surface area contributed by atoms with Crippen molar-refractivity contribution < 1.29 is 9.47 Å². The van der Waals surface area contributed by atoms with Crippen molar-refractivity contribution in [2.45, 2.75) is 23.5 Å². The molecule has 2 rings (SSSR count). The fraction of sp³-hybridized carbons (Fsp3) is 0.538. The van der Waals surface area contributed by atoms with Crippen LogP contribution >= 0.6 is 11.8 Å². The minimum absolute atomic E-state index is 0.133. The summed E-state index contributed by atoms with van der Waals surface area (Å²) in [6, 6.07) is 8.30. The number of hydrogen-bond donors (Lipinski definition) is 1. The average molecular weight is 253 g/mol. The highest BCUT2D eigenvalue weighted by Crippen LogP contribution is 2.37. The van der Waals surface area contributed by atoms with Gasteiger partial charge >= 0.3 is 0 Å². The third kappa shape index (κ3) is 3.15. The Balaban J connectivity index is 2.07. The summed E-state index contributed by atoms with van der Waals surface area (Å²) in [6.45, 7) is 3.76. The maximum Gasteiger partial charge on any atom is 0.118 e. The summed E-state index contributed by atoms with van der Waals surface area (Å²) >= 11 is 1.92. The topological polar surface area (TPSA) is 44.5 Å². The van der Waals surface area contributed by atoms with Gasteiger partial charge in [0.1, 0.15) is 5.75 Å². The molecular formula is C13H19NO2S. The van der Waals surface area contributed by atoms with Crippen LogP contribution in [0.5, 0.6) is 5.75 Å². The van der Waals surface area contributed by atoms with Crippen LogP contribution in [0.2, 0.25) is 0 Å². The zero-order chi connectivity index (χ0) is 12.3. The number of rotatable bonds is 5. The lowest BCUT2D eigenvalue weighted by Crippen LogP contribution is -2.34. The Labute approximate surface area is 107 Å². The first-order valence-electron chi connectivity index (χ1n) is 5.83. The van der Waals surface area contributed by atoms with Crippen LogP contribution in [0.3, 0.4) is 0 Å². The summed E-state index contributed by atoms with van der Waals surface area (Å²) in [7, 11) is 1.68. The average Bonchev–Trinajstić information content (AvgIpc) is 2.27. The standard InChI is InChI=1S/C13H19NO2S/c1-9(14)13(17-12-7-16-8-12)10-3-5-11(15-2)6-4-10/h3-6,9,12-13H,7-8,14H2,1-2H3. The quantitative estimate of drug-likeness (QED) is 0.874. The molecule has 2 unspecified atom stereocenters. The smallest absolute Gasteiger partial charge is 0.118 e. The summed E-state index contributed by atoms with van der Waals surface area (Å²) < 4.78 is 10.4. The molecule has 0 spiro atoms. The number of nitrogens with two attached hydrogens (primary N) is 1. The van der Waals surface area contributed by atoms with Gasteiger partial charge in [0.25, 0.3) is 0 Å². The number of ether oxygens (including phenoxy) is 2. The molecule has 3 nitrogen and oxygen atoms in total. The first-order chi connectivity index (χ1) is 8.20. The Bertz CT molecular complexity index is 349. The molecule has 1 aromatic carbocycles. The minimum Gasteiger partial charge on any atom is -0.497 e. The second-order valence-corrected chi connectivity index (χ2v) is 5.80. The monoisotopic (exact) mass is 253 g/mol. The Hall–Kier alpha value is -0.710. The minimum atomic E-state index is 0.133. The van der Waals surface area contributed by atoms with Crippen molar-refractivity contribution in [3.05, 3.63) is 29.8 Å². The predicted octanol–water partition coefficient (Wildman–Crippen LogP) is 2.22. The maximum atomic E-state index is 6.07. The molecule has 1 aliphatic heterocycles. The van der Waals surface area contributed by atoms with Crippen molar-refractivity contribution in [1.82, 2.24) is 0 Å². The molecule has 94 valence electrons. The van der Waals surface area contributed by atoms with Gasteiger partial charge in [0.05, 0.1) is 25.6 Å². The van der Waals surface area contributed by atoms with Crippen LogP contribution in [-0.2, 0) is 4.74 Å². The van der Waals surface area contributed by atoms with Gasteiger partial charge in [-0.2, -0.15) is 0 Å². The van der Waals surface area contributed by atoms with Crippen molar-refractivity contribution in [2.24, 2.45) is 5.73 Å². The summed E-state index contributed by atoms with van der Waals surface area (Å²) in [4.78, 5) is 0. The van der Waals surface area contributed by atoms with Crippen molar-refractivity contribution in [3.63, 3.8) is 0 Å². The van der Waals surface area contributed by atoms with Crippen LogP contribution in [0.1, 0.15) is 17.7 Å². The molecule has 17 heavy (non-hydrogen) atoms. The van der Waals surface area contributed by atoms with E-state index < -0.39 is 0 Å². The molecule has 2 atom stereocenters. The van der Waals surface area contributed by atoms with Crippen molar-refractivity contribution >= 4 is 11.8 Å². The first-order valence-corrected chi connectivity index (χ1v) is 6.77. The van der Waals surface area contributed by atoms with Gasteiger partial charge in [-0.3, -0.25) is 0 Å². The summed E-state index contributed by atoms with van der Waals surface area (Å²) in [6.07, 6.45) is 0. The third-order valence-corrected chi connectivity index (χ3v) is 4.52. The van der Waals surface area contributed by atoms with Crippen LogP contribution < -0.4 is 10.5 Å². The molecular weight excluding hydrogens is 234 g/mol. The maximum absolute atomic E-state index is 6.07. The number of hydrogen-bond acceptors (Lipinski definition) is 4. The fourth-order valence-corrected chi connectivity index (χ4v) is 3.13. The van der Waals surface area contributed by atoms with E-state index in [1.807, 2.05) is 23.9 Å². The molecule has 1 fully saturated rings. The lowest BCUT2D eigenvalue weighted by Gasteiger charge is -2.31. The third-order valence-electron chi connectivity index (χ3n) is 2.87. The number of methoxy groups -OCH3 is 1. The highest BCUT2D eigenvalue weighted by Gasteiger charge is 2.26. The Morgan fingerprint density at radius 1 is 1.35 bits per heavy atom. The molecule has 1 aliphatic rings. The molecule has 0 aliphatic carbocycles. The molecule has 0 aromatic heterocycles. The lowest BCUT2D eigenvalue weighted by atomic mass is 10.1. The molecule has 4 heteroatoms. The van der Waals surface area contributed by atoms with Crippen molar-refractivity contribution in [3.8, 4) is 5.75 Å². The van der Waals surface area contributed by atoms with E-state index in [0.29, 0.717) is 10.5 Å². The predicted molar refractivity (Wildman–Crippen MR) is 71.6 cm³/mol. The van der Waals surface area contributed by atoms with Gasteiger partial charge in [-0.15, -0.1) is 11.8 Å². The molecule has 2 N–H and O–H groups in total. The van der Waals surface area contributed by atoms with E-state index in [4.69, 9.17) is 15.2 Å². The molecule has 1 heterocycles. The highest BCUT2D eigenvalue weighted by molar-refractivity contribution is 8.00. The van der Waals surface area contributed by atoms with Gasteiger partial charge in [0.2, 0.25) is 0 Å². The summed E-state index contributed by atoms with van der Waals surface area (Å²) in [5, 5.41) is 0.919. The SMILES string of the molecule is COc1ccc(C(SC2COC2)C(C)N)cc1. The largest absolute Gasteiger partial charge is 0.497 e. The summed E-state index contributed by atoms with van der Waals surface area (Å²) in [5.41, 5.74) is 7.34. The van der Waals surface area contributed by atoms with E-state index >= 15 is 0 Å². The molecule has 1 aromatic rings. The van der Waals surface area contributed by atoms with Crippen LogP contribution in [0.25, 0.3) is 0 Å². The van der Waals surface area contributed by atoms with E-state index in [1.165, 1.54) is 5.56 Å². The molecule has 0 saturated carbocycles. The van der Waals surface area contributed by atoms with Crippen LogP contribution in [0.4, 0.5) is 0 Å². The van der Waals surface area contributed by atoms with Gasteiger partial charge in [0, 0.05) is 11.3 Å². The Morgan fingerprint density at radius 2 is 2.00 bits per heavy atom. The zero-order valence-corrected chi connectivity index (χ0v) is 11.1. The second kappa shape index (κ2) is 5.76. The fourth-order valence-electron chi connectivity index (χ4n) is 1.80. The van der Waals surface area contributed by atoms with Gasteiger partial charge < -0.3 is 15.2 Å². The molecule has 1 saturated heterocycles. The van der Waals surface area contributed by atoms with Gasteiger partial charge in [-0.05, 0) is 24.6 Å². The van der Waals surface area contributed by atoms with Crippen LogP contribution in [0, 0.1) is 0 Å². The number of benzene rings is 1. The second-order valence-electron chi connectivity index (χ2n) is 4.35. The van der Waals surface area contributed by atoms with Crippen molar-refractivity contribution in [2.75, 3.05) is 20.3 Å². The first kappa shape index (κ1) is 12.7. The van der Waals surface area contributed by atoms with Crippen molar-refractivity contribution in [1.29, 1.82) is 0 Å². The normalized spacial score (nSPS) is 19.5. The van der Waals surface area contributed by atoms with Gasteiger partial charge in [-0.1, -0.05) is 12.1 Å². The number of thioether (sulfide) groups is 1. The Morgan fingerprint density at radius 3 is 2.41 bits per heavy atom. The van der Waals surface area contributed by atoms with Gasteiger partial charge in [0.15, 0.2) is 0 Å².